The molecule has 2 amide bonds. The number of amides is 2. The van der Waals surface area contributed by atoms with Gasteiger partial charge in [-0.25, -0.2) is 13.2 Å². The highest BCUT2D eigenvalue weighted by atomic mass is 19.4. The Labute approximate surface area is 220 Å². The zero-order chi connectivity index (χ0) is 28.7. The number of piperazine rings is 1. The summed E-state index contributed by atoms with van der Waals surface area (Å²) in [6.45, 7) is 1.44. The lowest BCUT2D eigenvalue weighted by Crippen LogP contribution is -2.57. The van der Waals surface area contributed by atoms with Crippen molar-refractivity contribution in [2.75, 3.05) is 26.3 Å². The fraction of sp³-hybridized carbons (Fsp3) is 0.320. The minimum atomic E-state index is -4.58. The molecular weight excluding hydrogens is 530 g/mol. The van der Waals surface area contributed by atoms with Gasteiger partial charge in [0.15, 0.2) is 0 Å². The van der Waals surface area contributed by atoms with E-state index in [0.717, 1.165) is 17.1 Å². The van der Waals surface area contributed by atoms with E-state index < -0.39 is 54.9 Å². The van der Waals surface area contributed by atoms with Crippen LogP contribution in [0.1, 0.15) is 18.0 Å². The van der Waals surface area contributed by atoms with E-state index in [1.807, 2.05) is 5.43 Å². The van der Waals surface area contributed by atoms with E-state index in [-0.39, 0.29) is 36.7 Å². The maximum Gasteiger partial charge on any atom is 0.428 e. The summed E-state index contributed by atoms with van der Waals surface area (Å²) >= 11 is 0. The Hall–Kier alpha value is -4.23. The van der Waals surface area contributed by atoms with Gasteiger partial charge in [0.2, 0.25) is 18.0 Å². The average Bonchev–Trinajstić information content (AvgIpc) is 3.34. The molecule has 0 aromatic heterocycles. The van der Waals surface area contributed by atoms with Crippen molar-refractivity contribution in [1.82, 2.24) is 20.5 Å². The van der Waals surface area contributed by atoms with Crippen molar-refractivity contribution in [2.45, 2.75) is 24.8 Å². The molecule has 0 aliphatic carbocycles. The van der Waals surface area contributed by atoms with E-state index >= 15 is 0 Å². The number of allylic oxidation sites excluding steroid dienone is 5. The highest BCUT2D eigenvalue weighted by Gasteiger charge is 2.49. The van der Waals surface area contributed by atoms with Crippen molar-refractivity contribution in [2.24, 2.45) is 10.8 Å². The van der Waals surface area contributed by atoms with Crippen molar-refractivity contribution >= 4 is 17.6 Å². The number of nitrogens with two attached hydrogens (primary N) is 1. The topological polar surface area (TPSA) is 103 Å². The largest absolute Gasteiger partial charge is 0.428 e. The highest BCUT2D eigenvalue weighted by Crippen LogP contribution is 2.28. The lowest BCUT2D eigenvalue weighted by molar-refractivity contribution is -0.179. The number of hydrogen-bond donors (Lipinski definition) is 3. The first kappa shape index (κ1) is 29.3. The van der Waals surface area contributed by atoms with Gasteiger partial charge in [0.25, 0.3) is 0 Å². The smallest absolute Gasteiger partial charge is 0.373 e. The van der Waals surface area contributed by atoms with Crippen LogP contribution in [-0.4, -0.2) is 66.1 Å². The van der Waals surface area contributed by atoms with Gasteiger partial charge >= 0.3 is 6.18 Å². The molecule has 8 nitrogen and oxygen atoms in total. The van der Waals surface area contributed by atoms with Crippen LogP contribution in [0.4, 0.5) is 26.3 Å². The number of nitrogens with zero attached hydrogens (tertiary/aromatic N) is 3. The SMILES string of the molecule is C=C/C(C/C(=C/C(=O)N1CCN2C(=NN[C@H]2C(F)(F)F)C1)N[C@H](C(N)=O)c1ccccc1)=C(F)\C=C(\F)CF. The molecule has 14 heteroatoms. The van der Waals surface area contributed by atoms with Gasteiger partial charge in [0, 0.05) is 37.4 Å². The van der Waals surface area contributed by atoms with Gasteiger partial charge in [-0.05, 0) is 11.1 Å². The van der Waals surface area contributed by atoms with Gasteiger partial charge in [-0.1, -0.05) is 43.0 Å². The first-order chi connectivity index (χ1) is 18.4. The van der Waals surface area contributed by atoms with Crippen LogP contribution < -0.4 is 16.5 Å². The predicted molar refractivity (Wildman–Crippen MR) is 131 cm³/mol. The zero-order valence-corrected chi connectivity index (χ0v) is 20.5. The Morgan fingerprint density at radius 3 is 2.49 bits per heavy atom. The van der Waals surface area contributed by atoms with Gasteiger partial charge < -0.3 is 20.9 Å². The first-order valence-corrected chi connectivity index (χ1v) is 11.6. The number of primary amides is 1. The predicted octanol–water partition coefficient (Wildman–Crippen LogP) is 3.26. The number of carbonyl (C=O) groups is 2. The molecule has 2 aliphatic rings. The number of alkyl halides is 4. The van der Waals surface area contributed by atoms with Crippen LogP contribution in [0.5, 0.6) is 0 Å². The second-order valence-corrected chi connectivity index (χ2v) is 8.59. The Morgan fingerprint density at radius 1 is 1.21 bits per heavy atom. The third-order valence-corrected chi connectivity index (χ3v) is 5.91. The van der Waals surface area contributed by atoms with Gasteiger partial charge in [-0.2, -0.15) is 18.3 Å². The molecule has 2 heterocycles. The van der Waals surface area contributed by atoms with Crippen LogP contribution in [-0.2, 0) is 9.59 Å². The normalized spacial score (nSPS) is 19.4. The van der Waals surface area contributed by atoms with Crippen molar-refractivity contribution < 1.29 is 35.9 Å². The molecule has 0 bridgehead atoms. The number of amidine groups is 1. The Balaban J connectivity index is 1.90. The van der Waals surface area contributed by atoms with E-state index in [4.69, 9.17) is 5.73 Å². The zero-order valence-electron chi connectivity index (χ0n) is 20.5. The summed E-state index contributed by atoms with van der Waals surface area (Å²) in [6.07, 6.45) is -4.59. The van der Waals surface area contributed by atoms with E-state index in [1.54, 1.807) is 30.3 Å². The minimum absolute atomic E-state index is 0.00341. The molecule has 210 valence electrons. The summed E-state index contributed by atoms with van der Waals surface area (Å²) in [5.41, 5.74) is 7.72. The van der Waals surface area contributed by atoms with Gasteiger partial charge in [0.05, 0.1) is 6.54 Å². The molecule has 0 spiro atoms. The second kappa shape index (κ2) is 12.5. The molecule has 39 heavy (non-hydrogen) atoms. The molecular formula is C25H26F6N6O2. The standard InChI is InChI=1S/C25H26F6N6O2/c1-2-15(19(28)11-17(27)13-26)10-18(33-22(23(32)39)16-6-4-3-5-7-16)12-21(38)36-8-9-37-20(14-36)34-35-24(37)25(29,30)31/h2-7,11-12,22,24,33,35H,1,8-10,13-14H2,(H2,32,39)/b17-11+,18-12-,19-15-/t22-,24+/m0/s1. The second-order valence-electron chi connectivity index (χ2n) is 8.59. The number of benzene rings is 1. The summed E-state index contributed by atoms with van der Waals surface area (Å²) in [4.78, 5) is 27.6. The number of hydrogen-bond acceptors (Lipinski definition) is 6. The van der Waals surface area contributed by atoms with Crippen LogP contribution in [0.15, 0.2) is 83.2 Å². The van der Waals surface area contributed by atoms with Crippen LogP contribution in [0.25, 0.3) is 0 Å². The van der Waals surface area contributed by atoms with Crippen molar-refractivity contribution in [3.05, 3.63) is 83.6 Å². The number of hydrazone groups is 1. The van der Waals surface area contributed by atoms with Crippen molar-refractivity contribution in [3.8, 4) is 0 Å². The lowest BCUT2D eigenvalue weighted by Gasteiger charge is -2.36. The molecule has 1 aromatic rings. The number of carbonyl (C=O) groups excluding carboxylic acids is 2. The quantitative estimate of drug-likeness (QED) is 0.233. The molecule has 2 atom stereocenters. The summed E-state index contributed by atoms with van der Waals surface area (Å²) in [5.74, 6) is -4.04. The molecule has 0 saturated carbocycles. The van der Waals surface area contributed by atoms with Crippen molar-refractivity contribution in [1.29, 1.82) is 0 Å². The van der Waals surface area contributed by atoms with E-state index in [0.29, 0.717) is 11.6 Å². The molecule has 4 N–H and O–H groups in total. The Kier molecular flexibility index (Phi) is 9.43. The summed E-state index contributed by atoms with van der Waals surface area (Å²) in [7, 11) is 0. The van der Waals surface area contributed by atoms with E-state index in [9.17, 15) is 35.9 Å². The maximum atomic E-state index is 14.6. The van der Waals surface area contributed by atoms with Crippen LogP contribution >= 0.6 is 0 Å². The lowest BCUT2D eigenvalue weighted by atomic mass is 10.0. The summed E-state index contributed by atoms with van der Waals surface area (Å²) < 4.78 is 80.1. The third kappa shape index (κ3) is 7.42. The summed E-state index contributed by atoms with van der Waals surface area (Å²) in [6, 6.07) is 7.01. The number of fused-ring (bicyclic) bond motifs is 1. The average molecular weight is 557 g/mol. The fourth-order valence-corrected chi connectivity index (χ4v) is 3.98. The van der Waals surface area contributed by atoms with Crippen molar-refractivity contribution in [3.63, 3.8) is 0 Å². The molecule has 3 rings (SSSR count). The number of nitrogens with one attached hydrogen (secondary N) is 2. The molecule has 1 saturated heterocycles. The summed E-state index contributed by atoms with van der Waals surface area (Å²) in [5, 5.41) is 6.49. The number of halogens is 6. The minimum Gasteiger partial charge on any atom is -0.373 e. The number of rotatable bonds is 10. The fourth-order valence-electron chi connectivity index (χ4n) is 3.98. The molecule has 0 radical (unpaired) electrons. The van der Waals surface area contributed by atoms with E-state index in [2.05, 4.69) is 17.0 Å². The van der Waals surface area contributed by atoms with Gasteiger partial charge in [-0.3, -0.25) is 15.0 Å². The monoisotopic (exact) mass is 556 g/mol. The van der Waals surface area contributed by atoms with Crippen LogP contribution in [0, 0.1) is 0 Å². The van der Waals surface area contributed by atoms with Gasteiger partial charge in [-0.15, -0.1) is 0 Å². The molecule has 1 fully saturated rings. The Bertz CT molecular complexity index is 1210. The first-order valence-electron chi connectivity index (χ1n) is 11.6. The van der Waals surface area contributed by atoms with Crippen LogP contribution in [0.2, 0.25) is 0 Å². The maximum absolute atomic E-state index is 14.6. The van der Waals surface area contributed by atoms with Crippen LogP contribution in [0.3, 0.4) is 0 Å². The van der Waals surface area contributed by atoms with Gasteiger partial charge in [0.1, 0.15) is 30.2 Å². The molecule has 0 unspecified atom stereocenters. The highest BCUT2D eigenvalue weighted by molar-refractivity contribution is 5.95. The molecule has 2 aliphatic heterocycles. The third-order valence-electron chi connectivity index (χ3n) is 5.91. The Morgan fingerprint density at radius 2 is 1.90 bits per heavy atom. The van der Waals surface area contributed by atoms with E-state index in [1.165, 1.54) is 4.90 Å². The molecule has 1 aromatic carbocycles.